The zero-order valence-electron chi connectivity index (χ0n) is 17.6. The fraction of sp³-hybridized carbons (Fsp3) is 0.542. The standard InChI is InChI=1S/C24H31N3O3/c28-22(26-14-8-3-9-15-26)17-27-16-20(19-12-6-7-13-21(19)27)23(29)24(30)25-18-10-4-1-2-5-11-18/h6-7,12-13,16,18H,1-5,8-11,14-15,17H2,(H,25,30). The van der Waals surface area contributed by atoms with Gasteiger partial charge in [0.05, 0.1) is 5.56 Å². The number of likely N-dealkylation sites (tertiary alicyclic amines) is 1. The number of para-hydroxylation sites is 1. The maximum atomic E-state index is 13.0. The van der Waals surface area contributed by atoms with Gasteiger partial charge in [-0.3, -0.25) is 14.4 Å². The maximum absolute atomic E-state index is 13.0. The number of piperidine rings is 1. The molecule has 1 aromatic heterocycles. The lowest BCUT2D eigenvalue weighted by atomic mass is 10.1. The topological polar surface area (TPSA) is 71.4 Å². The van der Waals surface area contributed by atoms with E-state index in [1.165, 1.54) is 19.3 Å². The molecular formula is C24H31N3O3. The van der Waals surface area contributed by atoms with Gasteiger partial charge in [0.2, 0.25) is 5.91 Å². The first-order chi connectivity index (χ1) is 14.6. The van der Waals surface area contributed by atoms with Crippen LogP contribution in [0.4, 0.5) is 0 Å². The Morgan fingerprint density at radius 3 is 2.30 bits per heavy atom. The monoisotopic (exact) mass is 409 g/mol. The molecule has 2 heterocycles. The Kier molecular flexibility index (Phi) is 6.50. The molecule has 0 atom stereocenters. The highest BCUT2D eigenvalue weighted by Gasteiger charge is 2.25. The van der Waals surface area contributed by atoms with Crippen molar-refractivity contribution < 1.29 is 14.4 Å². The molecule has 2 aliphatic rings. The average Bonchev–Trinajstić information content (AvgIpc) is 2.94. The Morgan fingerprint density at radius 1 is 0.900 bits per heavy atom. The van der Waals surface area contributed by atoms with Gasteiger partial charge in [-0.15, -0.1) is 0 Å². The van der Waals surface area contributed by atoms with Crippen molar-refractivity contribution in [1.82, 2.24) is 14.8 Å². The van der Waals surface area contributed by atoms with E-state index in [2.05, 4.69) is 5.32 Å². The first-order valence-electron chi connectivity index (χ1n) is 11.3. The molecule has 6 nitrogen and oxygen atoms in total. The smallest absolute Gasteiger partial charge is 0.292 e. The highest BCUT2D eigenvalue weighted by atomic mass is 16.2. The van der Waals surface area contributed by atoms with Crippen molar-refractivity contribution in [2.24, 2.45) is 0 Å². The van der Waals surface area contributed by atoms with Crippen LogP contribution in [0, 0.1) is 0 Å². The molecule has 0 bridgehead atoms. The van der Waals surface area contributed by atoms with Crippen LogP contribution in [0.15, 0.2) is 30.5 Å². The summed E-state index contributed by atoms with van der Waals surface area (Å²) < 4.78 is 1.82. The number of hydrogen-bond donors (Lipinski definition) is 1. The molecule has 160 valence electrons. The largest absolute Gasteiger partial charge is 0.346 e. The van der Waals surface area contributed by atoms with Gasteiger partial charge in [0.25, 0.3) is 11.7 Å². The molecule has 6 heteroatoms. The van der Waals surface area contributed by atoms with E-state index in [1.54, 1.807) is 6.20 Å². The van der Waals surface area contributed by atoms with Crippen molar-refractivity contribution in [2.75, 3.05) is 13.1 Å². The molecule has 0 radical (unpaired) electrons. The van der Waals surface area contributed by atoms with Crippen LogP contribution in [-0.4, -0.2) is 46.2 Å². The van der Waals surface area contributed by atoms with E-state index >= 15 is 0 Å². The quantitative estimate of drug-likeness (QED) is 0.465. The molecule has 1 saturated carbocycles. The van der Waals surface area contributed by atoms with Crippen molar-refractivity contribution in [3.63, 3.8) is 0 Å². The number of nitrogens with zero attached hydrogens (tertiary/aromatic N) is 2. The molecule has 2 aromatic rings. The summed E-state index contributed by atoms with van der Waals surface area (Å²) in [6, 6.07) is 7.59. The first kappa shape index (κ1) is 20.6. The van der Waals surface area contributed by atoms with E-state index in [4.69, 9.17) is 0 Å². The highest BCUT2D eigenvalue weighted by Crippen LogP contribution is 2.23. The fourth-order valence-electron chi connectivity index (χ4n) is 4.74. The number of amides is 2. The van der Waals surface area contributed by atoms with Gasteiger partial charge in [0, 0.05) is 36.2 Å². The first-order valence-corrected chi connectivity index (χ1v) is 11.3. The number of carbonyl (C=O) groups is 3. The van der Waals surface area contributed by atoms with Crippen LogP contribution in [0.3, 0.4) is 0 Å². The second-order valence-electron chi connectivity index (χ2n) is 8.62. The number of aromatic nitrogens is 1. The van der Waals surface area contributed by atoms with Crippen LogP contribution in [-0.2, 0) is 16.1 Å². The molecule has 0 unspecified atom stereocenters. The number of benzene rings is 1. The lowest BCUT2D eigenvalue weighted by Crippen LogP contribution is -2.39. The minimum atomic E-state index is -0.535. The van der Waals surface area contributed by atoms with Crippen LogP contribution in [0.5, 0.6) is 0 Å². The highest BCUT2D eigenvalue weighted by molar-refractivity contribution is 6.45. The number of hydrogen-bond acceptors (Lipinski definition) is 3. The van der Waals surface area contributed by atoms with Crippen LogP contribution in [0.25, 0.3) is 10.9 Å². The van der Waals surface area contributed by atoms with Gasteiger partial charge < -0.3 is 14.8 Å². The summed E-state index contributed by atoms with van der Waals surface area (Å²) in [7, 11) is 0. The molecule has 1 aliphatic carbocycles. The number of fused-ring (bicyclic) bond motifs is 1. The van der Waals surface area contributed by atoms with E-state index in [1.807, 2.05) is 33.7 Å². The second kappa shape index (κ2) is 9.45. The van der Waals surface area contributed by atoms with Crippen LogP contribution in [0.1, 0.15) is 68.1 Å². The molecule has 1 saturated heterocycles. The van der Waals surface area contributed by atoms with Crippen molar-refractivity contribution in [1.29, 1.82) is 0 Å². The van der Waals surface area contributed by atoms with Crippen molar-refractivity contribution >= 4 is 28.5 Å². The Bertz CT molecular complexity index is 919. The van der Waals surface area contributed by atoms with Crippen molar-refractivity contribution in [3.05, 3.63) is 36.0 Å². The molecule has 2 amide bonds. The van der Waals surface area contributed by atoms with Gasteiger partial charge in [0.15, 0.2) is 0 Å². The third-order valence-electron chi connectivity index (χ3n) is 6.44. The van der Waals surface area contributed by atoms with E-state index < -0.39 is 11.7 Å². The van der Waals surface area contributed by atoms with E-state index in [0.717, 1.165) is 62.5 Å². The molecule has 4 rings (SSSR count). The van der Waals surface area contributed by atoms with Crippen molar-refractivity contribution in [3.8, 4) is 0 Å². The van der Waals surface area contributed by atoms with Crippen LogP contribution < -0.4 is 5.32 Å². The summed E-state index contributed by atoms with van der Waals surface area (Å²) in [5.41, 5.74) is 1.19. The van der Waals surface area contributed by atoms with E-state index in [-0.39, 0.29) is 18.5 Å². The Labute approximate surface area is 177 Å². The predicted molar refractivity (Wildman–Crippen MR) is 116 cm³/mol. The van der Waals surface area contributed by atoms with E-state index in [0.29, 0.717) is 5.56 Å². The van der Waals surface area contributed by atoms with Crippen molar-refractivity contribution in [2.45, 2.75) is 70.4 Å². The SMILES string of the molecule is O=C(NC1CCCCCC1)C(=O)c1cn(CC(=O)N2CCCCC2)c2ccccc12. The number of carbonyl (C=O) groups excluding carboxylic acids is 3. The molecule has 2 fully saturated rings. The Hall–Kier alpha value is -2.63. The molecule has 1 aromatic carbocycles. The average molecular weight is 410 g/mol. The summed E-state index contributed by atoms with van der Waals surface area (Å²) in [5.74, 6) is -0.982. The minimum Gasteiger partial charge on any atom is -0.346 e. The van der Waals surface area contributed by atoms with Gasteiger partial charge in [0.1, 0.15) is 6.54 Å². The van der Waals surface area contributed by atoms with Crippen LogP contribution in [0.2, 0.25) is 0 Å². The third kappa shape index (κ3) is 4.58. The summed E-state index contributed by atoms with van der Waals surface area (Å²) in [4.78, 5) is 40.4. The number of ketones is 1. The number of nitrogens with one attached hydrogen (secondary N) is 1. The lowest BCUT2D eigenvalue weighted by Gasteiger charge is -2.27. The van der Waals surface area contributed by atoms with Gasteiger partial charge in [-0.05, 0) is 38.2 Å². The zero-order chi connectivity index (χ0) is 20.9. The molecule has 0 spiro atoms. The summed E-state index contributed by atoms with van der Waals surface area (Å²) in [6.07, 6.45) is 11.4. The molecule has 30 heavy (non-hydrogen) atoms. The van der Waals surface area contributed by atoms with E-state index in [9.17, 15) is 14.4 Å². The number of rotatable bonds is 5. The minimum absolute atomic E-state index is 0.0670. The Balaban J connectivity index is 1.52. The normalized spacial score (nSPS) is 18.2. The van der Waals surface area contributed by atoms with Crippen LogP contribution >= 0.6 is 0 Å². The third-order valence-corrected chi connectivity index (χ3v) is 6.44. The zero-order valence-corrected chi connectivity index (χ0v) is 17.6. The van der Waals surface area contributed by atoms with Gasteiger partial charge in [-0.25, -0.2) is 0 Å². The second-order valence-corrected chi connectivity index (χ2v) is 8.62. The fourth-order valence-corrected chi connectivity index (χ4v) is 4.74. The molecule has 1 aliphatic heterocycles. The predicted octanol–water partition coefficient (Wildman–Crippen LogP) is 3.68. The van der Waals surface area contributed by atoms with Gasteiger partial charge in [-0.2, -0.15) is 0 Å². The number of Topliss-reactive ketones (excluding diaryl/α,β-unsaturated/α-hetero) is 1. The Morgan fingerprint density at radius 2 is 1.57 bits per heavy atom. The summed E-state index contributed by atoms with van der Waals surface area (Å²) >= 11 is 0. The lowest BCUT2D eigenvalue weighted by molar-refractivity contribution is -0.132. The van der Waals surface area contributed by atoms with Gasteiger partial charge >= 0.3 is 0 Å². The summed E-state index contributed by atoms with van der Waals surface area (Å²) in [6.45, 7) is 1.79. The summed E-state index contributed by atoms with van der Waals surface area (Å²) in [5, 5.41) is 3.68. The molecular weight excluding hydrogens is 378 g/mol. The molecule has 1 N–H and O–H groups in total. The maximum Gasteiger partial charge on any atom is 0.292 e. The van der Waals surface area contributed by atoms with Gasteiger partial charge in [-0.1, -0.05) is 43.9 Å².